The molecule has 0 atom stereocenters. The van der Waals surface area contributed by atoms with E-state index in [1.54, 1.807) is 23.8 Å². The molecule has 4 rings (SSSR count). The van der Waals surface area contributed by atoms with Crippen LogP contribution in [0.1, 0.15) is 41.9 Å². The van der Waals surface area contributed by atoms with Gasteiger partial charge >= 0.3 is 0 Å². The van der Waals surface area contributed by atoms with E-state index in [0.29, 0.717) is 37.8 Å². The van der Waals surface area contributed by atoms with Gasteiger partial charge in [-0.05, 0) is 43.2 Å². The molecular formula is C20H24N4O3. The number of amides is 2. The zero-order chi connectivity index (χ0) is 19.0. The van der Waals surface area contributed by atoms with Crippen LogP contribution < -0.4 is 4.74 Å². The molecule has 0 radical (unpaired) electrons. The summed E-state index contributed by atoms with van der Waals surface area (Å²) in [6, 6.07) is 9.64. The highest BCUT2D eigenvalue weighted by Gasteiger charge is 2.31. The molecule has 1 aromatic carbocycles. The predicted octanol–water partition coefficient (Wildman–Crippen LogP) is 2.06. The van der Waals surface area contributed by atoms with Crippen LogP contribution in [0.5, 0.6) is 5.75 Å². The van der Waals surface area contributed by atoms with Gasteiger partial charge in [0.05, 0.1) is 12.8 Å². The van der Waals surface area contributed by atoms with Gasteiger partial charge in [0.25, 0.3) is 5.91 Å². The van der Waals surface area contributed by atoms with Crippen LogP contribution in [-0.2, 0) is 4.79 Å². The quantitative estimate of drug-likeness (QED) is 0.829. The molecule has 2 amide bonds. The van der Waals surface area contributed by atoms with E-state index in [1.807, 2.05) is 35.0 Å². The SMILES string of the molecule is COc1ccc(-n2nc(C(=O)N3CCN(C(C)=O)CC3)cc2C2CC2)cc1. The first-order valence-electron chi connectivity index (χ1n) is 9.36. The number of rotatable bonds is 4. The van der Waals surface area contributed by atoms with Crippen molar-refractivity contribution in [2.75, 3.05) is 33.3 Å². The van der Waals surface area contributed by atoms with E-state index in [4.69, 9.17) is 4.74 Å². The first-order chi connectivity index (χ1) is 13.1. The Labute approximate surface area is 158 Å². The van der Waals surface area contributed by atoms with Crippen molar-refractivity contribution >= 4 is 11.8 Å². The second-order valence-electron chi connectivity index (χ2n) is 7.14. The van der Waals surface area contributed by atoms with E-state index in [-0.39, 0.29) is 11.8 Å². The van der Waals surface area contributed by atoms with Crippen molar-refractivity contribution in [2.45, 2.75) is 25.7 Å². The largest absolute Gasteiger partial charge is 0.497 e. The third-order valence-electron chi connectivity index (χ3n) is 5.28. The molecule has 0 unspecified atom stereocenters. The molecule has 0 spiro atoms. The third kappa shape index (κ3) is 3.54. The summed E-state index contributed by atoms with van der Waals surface area (Å²) in [4.78, 5) is 28.0. The minimum Gasteiger partial charge on any atom is -0.497 e. The van der Waals surface area contributed by atoms with Gasteiger partial charge in [0.1, 0.15) is 5.75 Å². The van der Waals surface area contributed by atoms with E-state index in [1.165, 1.54) is 0 Å². The van der Waals surface area contributed by atoms with Gasteiger partial charge in [0.15, 0.2) is 5.69 Å². The Hall–Kier alpha value is -2.83. The van der Waals surface area contributed by atoms with Gasteiger partial charge < -0.3 is 14.5 Å². The lowest BCUT2D eigenvalue weighted by atomic mass is 10.2. The molecule has 2 aliphatic rings. The number of nitrogens with zero attached hydrogens (tertiary/aromatic N) is 4. The van der Waals surface area contributed by atoms with Crippen LogP contribution in [0.25, 0.3) is 5.69 Å². The van der Waals surface area contributed by atoms with E-state index in [0.717, 1.165) is 30.0 Å². The van der Waals surface area contributed by atoms with Crippen molar-refractivity contribution in [2.24, 2.45) is 0 Å². The summed E-state index contributed by atoms with van der Waals surface area (Å²) < 4.78 is 7.11. The number of hydrogen-bond acceptors (Lipinski definition) is 4. The van der Waals surface area contributed by atoms with Crippen LogP contribution in [0.2, 0.25) is 0 Å². The second-order valence-corrected chi connectivity index (χ2v) is 7.14. The molecule has 0 N–H and O–H groups in total. The summed E-state index contributed by atoms with van der Waals surface area (Å²) in [5, 5.41) is 4.63. The van der Waals surface area contributed by atoms with Crippen LogP contribution in [-0.4, -0.2) is 64.7 Å². The fraction of sp³-hybridized carbons (Fsp3) is 0.450. The van der Waals surface area contributed by atoms with Crippen molar-refractivity contribution < 1.29 is 14.3 Å². The molecule has 1 saturated carbocycles. The Morgan fingerprint density at radius 1 is 1.04 bits per heavy atom. The summed E-state index contributed by atoms with van der Waals surface area (Å²) in [5.41, 5.74) is 2.49. The van der Waals surface area contributed by atoms with E-state index in [9.17, 15) is 9.59 Å². The fourth-order valence-corrected chi connectivity index (χ4v) is 3.49. The minimum absolute atomic E-state index is 0.0573. The molecule has 2 aromatic rings. The Morgan fingerprint density at radius 2 is 1.67 bits per heavy atom. The monoisotopic (exact) mass is 368 g/mol. The maximum Gasteiger partial charge on any atom is 0.274 e. The van der Waals surface area contributed by atoms with Gasteiger partial charge in [0, 0.05) is 44.7 Å². The first kappa shape index (κ1) is 17.6. The van der Waals surface area contributed by atoms with Gasteiger partial charge in [-0.2, -0.15) is 5.10 Å². The molecule has 1 aromatic heterocycles. The molecule has 2 fully saturated rings. The Kier molecular flexibility index (Phi) is 4.59. The molecule has 2 heterocycles. The molecule has 1 saturated heterocycles. The highest BCUT2D eigenvalue weighted by molar-refractivity contribution is 5.92. The first-order valence-corrected chi connectivity index (χ1v) is 9.36. The molecule has 0 bridgehead atoms. The van der Waals surface area contributed by atoms with Crippen molar-refractivity contribution in [1.82, 2.24) is 19.6 Å². The predicted molar refractivity (Wildman–Crippen MR) is 100 cm³/mol. The maximum absolute atomic E-state index is 12.9. The van der Waals surface area contributed by atoms with E-state index < -0.39 is 0 Å². The number of carbonyl (C=O) groups is 2. The number of benzene rings is 1. The summed E-state index contributed by atoms with van der Waals surface area (Å²) in [5.74, 6) is 1.25. The Bertz CT molecular complexity index is 847. The smallest absolute Gasteiger partial charge is 0.274 e. The average Bonchev–Trinajstić information content (AvgIpc) is 3.46. The van der Waals surface area contributed by atoms with E-state index >= 15 is 0 Å². The highest BCUT2D eigenvalue weighted by Crippen LogP contribution is 2.41. The number of methoxy groups -OCH3 is 1. The van der Waals surface area contributed by atoms with Crippen molar-refractivity contribution in [3.63, 3.8) is 0 Å². The Balaban J connectivity index is 1.57. The van der Waals surface area contributed by atoms with Crippen LogP contribution in [0.3, 0.4) is 0 Å². The number of ether oxygens (including phenoxy) is 1. The Morgan fingerprint density at radius 3 is 2.22 bits per heavy atom. The number of piperazine rings is 1. The van der Waals surface area contributed by atoms with Crippen LogP contribution >= 0.6 is 0 Å². The van der Waals surface area contributed by atoms with Crippen molar-refractivity contribution in [3.8, 4) is 11.4 Å². The lowest BCUT2D eigenvalue weighted by Crippen LogP contribution is -2.50. The van der Waals surface area contributed by atoms with Gasteiger partial charge in [-0.1, -0.05) is 0 Å². The zero-order valence-corrected chi connectivity index (χ0v) is 15.7. The van der Waals surface area contributed by atoms with Gasteiger partial charge in [-0.25, -0.2) is 4.68 Å². The van der Waals surface area contributed by atoms with Crippen LogP contribution in [0, 0.1) is 0 Å². The van der Waals surface area contributed by atoms with Crippen molar-refractivity contribution in [3.05, 3.63) is 41.7 Å². The van der Waals surface area contributed by atoms with Gasteiger partial charge in [-0.3, -0.25) is 9.59 Å². The number of hydrogen-bond donors (Lipinski definition) is 0. The molecular weight excluding hydrogens is 344 g/mol. The number of carbonyl (C=O) groups excluding carboxylic acids is 2. The fourth-order valence-electron chi connectivity index (χ4n) is 3.49. The summed E-state index contributed by atoms with van der Waals surface area (Å²) >= 11 is 0. The van der Waals surface area contributed by atoms with Gasteiger partial charge in [-0.15, -0.1) is 0 Å². The second kappa shape index (κ2) is 7.06. The van der Waals surface area contributed by atoms with Crippen LogP contribution in [0.4, 0.5) is 0 Å². The normalized spacial score (nSPS) is 17.1. The average molecular weight is 368 g/mol. The molecule has 1 aliphatic carbocycles. The topological polar surface area (TPSA) is 67.7 Å². The summed E-state index contributed by atoms with van der Waals surface area (Å²) in [6.07, 6.45) is 2.26. The van der Waals surface area contributed by atoms with Gasteiger partial charge in [0.2, 0.25) is 5.91 Å². The highest BCUT2D eigenvalue weighted by atomic mass is 16.5. The molecule has 142 valence electrons. The van der Waals surface area contributed by atoms with Crippen LogP contribution in [0.15, 0.2) is 30.3 Å². The number of aromatic nitrogens is 2. The lowest BCUT2D eigenvalue weighted by Gasteiger charge is -2.33. The molecule has 7 heteroatoms. The molecule has 27 heavy (non-hydrogen) atoms. The lowest BCUT2D eigenvalue weighted by molar-refractivity contribution is -0.130. The maximum atomic E-state index is 12.9. The molecule has 7 nitrogen and oxygen atoms in total. The van der Waals surface area contributed by atoms with Crippen molar-refractivity contribution in [1.29, 1.82) is 0 Å². The van der Waals surface area contributed by atoms with E-state index in [2.05, 4.69) is 5.10 Å². The molecule has 1 aliphatic heterocycles. The standard InChI is InChI=1S/C20H24N4O3/c1-14(25)22-9-11-23(12-10-22)20(26)18-13-19(15-3-4-15)24(21-18)16-5-7-17(27-2)8-6-16/h5-8,13,15H,3-4,9-12H2,1-2H3. The third-order valence-corrected chi connectivity index (χ3v) is 5.28. The zero-order valence-electron chi connectivity index (χ0n) is 15.7. The summed E-state index contributed by atoms with van der Waals surface area (Å²) in [7, 11) is 1.64. The minimum atomic E-state index is -0.0626. The summed E-state index contributed by atoms with van der Waals surface area (Å²) in [6.45, 7) is 3.82.